The molecule has 0 radical (unpaired) electrons. The number of carbonyl (C=O) groups excluding carboxylic acids is 2. The lowest BCUT2D eigenvalue weighted by molar-refractivity contribution is -0.131. The Hall–Kier alpha value is -3.61. The van der Waals surface area contributed by atoms with Crippen molar-refractivity contribution in [2.75, 3.05) is 17.7 Å². The highest BCUT2D eigenvalue weighted by Crippen LogP contribution is 2.18. The number of benzene rings is 2. The van der Waals surface area contributed by atoms with Gasteiger partial charge in [0.05, 0.1) is 7.11 Å². The van der Waals surface area contributed by atoms with Crippen LogP contribution in [0.25, 0.3) is 0 Å². The fourth-order valence-electron chi connectivity index (χ4n) is 1.94. The van der Waals surface area contributed by atoms with Crippen LogP contribution in [0.1, 0.15) is 10.4 Å². The summed E-state index contributed by atoms with van der Waals surface area (Å²) in [4.78, 5) is 34.0. The lowest BCUT2D eigenvalue weighted by Crippen LogP contribution is -2.12. The van der Waals surface area contributed by atoms with Crippen molar-refractivity contribution in [2.45, 2.75) is 0 Å². The molecule has 0 bridgehead atoms. The van der Waals surface area contributed by atoms with E-state index in [0.29, 0.717) is 22.7 Å². The summed E-state index contributed by atoms with van der Waals surface area (Å²) in [5.74, 6) is -1.46. The Balaban J connectivity index is 2.00. The van der Waals surface area contributed by atoms with E-state index in [9.17, 15) is 14.4 Å². The van der Waals surface area contributed by atoms with Gasteiger partial charge in [-0.1, -0.05) is 6.07 Å². The summed E-state index contributed by atoms with van der Waals surface area (Å²) >= 11 is 0. The molecule has 0 fully saturated rings. The number of anilines is 2. The third-order valence-electron chi connectivity index (χ3n) is 3.12. The molecule has 0 saturated carbocycles. The monoisotopic (exact) mass is 340 g/mol. The van der Waals surface area contributed by atoms with E-state index in [0.717, 1.165) is 12.2 Å². The molecule has 0 aliphatic carbocycles. The normalized spacial score (nSPS) is 10.3. The number of amides is 2. The number of aliphatic carboxylic acids is 1. The van der Waals surface area contributed by atoms with Crippen molar-refractivity contribution >= 4 is 29.2 Å². The second-order valence-corrected chi connectivity index (χ2v) is 4.92. The van der Waals surface area contributed by atoms with Crippen molar-refractivity contribution in [3.05, 3.63) is 66.2 Å². The van der Waals surface area contributed by atoms with Gasteiger partial charge in [-0.3, -0.25) is 9.59 Å². The van der Waals surface area contributed by atoms with Gasteiger partial charge in [0.1, 0.15) is 5.75 Å². The van der Waals surface area contributed by atoms with E-state index >= 15 is 0 Å². The summed E-state index contributed by atoms with van der Waals surface area (Å²) in [5, 5.41) is 13.7. The number of hydrogen-bond acceptors (Lipinski definition) is 4. The topological polar surface area (TPSA) is 105 Å². The largest absolute Gasteiger partial charge is 0.497 e. The average Bonchev–Trinajstić information content (AvgIpc) is 2.60. The molecule has 0 aromatic heterocycles. The van der Waals surface area contributed by atoms with Gasteiger partial charge in [-0.05, 0) is 36.4 Å². The molecule has 0 heterocycles. The Labute approximate surface area is 143 Å². The Morgan fingerprint density at radius 1 is 0.960 bits per heavy atom. The van der Waals surface area contributed by atoms with Crippen LogP contribution in [0.5, 0.6) is 5.75 Å². The van der Waals surface area contributed by atoms with Crippen LogP contribution in [-0.4, -0.2) is 30.0 Å². The zero-order valence-electron chi connectivity index (χ0n) is 13.4. The fraction of sp³-hybridized carbons (Fsp3) is 0.0556. The molecule has 0 aliphatic rings. The molecule has 128 valence electrons. The molecular weight excluding hydrogens is 324 g/mol. The highest BCUT2D eigenvalue weighted by Gasteiger charge is 2.07. The van der Waals surface area contributed by atoms with Crippen LogP contribution in [0, 0.1) is 0 Å². The van der Waals surface area contributed by atoms with E-state index in [1.807, 2.05) is 0 Å². The van der Waals surface area contributed by atoms with Crippen LogP contribution in [0.3, 0.4) is 0 Å². The Morgan fingerprint density at radius 3 is 2.32 bits per heavy atom. The number of carbonyl (C=O) groups is 3. The maximum absolute atomic E-state index is 12.2. The molecule has 25 heavy (non-hydrogen) atoms. The second kappa shape index (κ2) is 8.30. The quantitative estimate of drug-likeness (QED) is 0.701. The zero-order valence-corrected chi connectivity index (χ0v) is 13.4. The molecule has 0 atom stereocenters. The van der Waals surface area contributed by atoms with Crippen molar-refractivity contribution in [3.8, 4) is 5.75 Å². The van der Waals surface area contributed by atoms with Gasteiger partial charge < -0.3 is 20.5 Å². The number of methoxy groups -OCH3 is 1. The van der Waals surface area contributed by atoms with E-state index < -0.39 is 11.9 Å². The zero-order chi connectivity index (χ0) is 18.2. The standard InChI is InChI=1S/C18H16N2O5/c1-25-15-4-2-3-14(11-15)20-18(24)12-5-7-13(8-6-12)19-16(21)9-10-17(22)23/h2-11H,1H3,(H,19,21)(H,20,24)(H,22,23)/b10-9-. The number of nitrogens with one attached hydrogen (secondary N) is 2. The first-order valence-corrected chi connectivity index (χ1v) is 7.25. The summed E-state index contributed by atoms with van der Waals surface area (Å²) in [6, 6.07) is 13.2. The lowest BCUT2D eigenvalue weighted by Gasteiger charge is -2.08. The SMILES string of the molecule is COc1cccc(NC(=O)c2ccc(NC(=O)/C=C\C(=O)O)cc2)c1. The molecule has 0 spiro atoms. The third kappa shape index (κ3) is 5.51. The minimum Gasteiger partial charge on any atom is -0.497 e. The van der Waals surface area contributed by atoms with Crippen LogP contribution in [0.15, 0.2) is 60.7 Å². The summed E-state index contributed by atoms with van der Waals surface area (Å²) in [6.07, 6.45) is 1.65. The minimum absolute atomic E-state index is 0.308. The Bertz CT molecular complexity index is 812. The summed E-state index contributed by atoms with van der Waals surface area (Å²) in [7, 11) is 1.54. The molecule has 2 aromatic rings. The van der Waals surface area contributed by atoms with Gasteiger partial charge in [-0.2, -0.15) is 0 Å². The van der Waals surface area contributed by atoms with E-state index in [-0.39, 0.29) is 5.91 Å². The number of rotatable bonds is 6. The maximum atomic E-state index is 12.2. The summed E-state index contributed by atoms with van der Waals surface area (Å²) in [6.45, 7) is 0. The molecule has 2 amide bonds. The van der Waals surface area contributed by atoms with Gasteiger partial charge in [0, 0.05) is 35.2 Å². The van der Waals surface area contributed by atoms with Crippen molar-refractivity contribution in [1.29, 1.82) is 0 Å². The van der Waals surface area contributed by atoms with Crippen LogP contribution >= 0.6 is 0 Å². The molecule has 0 aliphatic heterocycles. The predicted octanol–water partition coefficient (Wildman–Crippen LogP) is 2.53. The van der Waals surface area contributed by atoms with Crippen molar-refractivity contribution in [1.82, 2.24) is 0 Å². The van der Waals surface area contributed by atoms with Gasteiger partial charge >= 0.3 is 5.97 Å². The minimum atomic E-state index is -1.21. The van der Waals surface area contributed by atoms with Crippen LogP contribution in [0.2, 0.25) is 0 Å². The van der Waals surface area contributed by atoms with E-state index in [2.05, 4.69) is 10.6 Å². The van der Waals surface area contributed by atoms with Gasteiger partial charge in [-0.25, -0.2) is 4.79 Å². The maximum Gasteiger partial charge on any atom is 0.328 e. The van der Waals surface area contributed by atoms with Gasteiger partial charge in [0.2, 0.25) is 5.91 Å². The van der Waals surface area contributed by atoms with Crippen molar-refractivity contribution < 1.29 is 24.2 Å². The van der Waals surface area contributed by atoms with E-state index in [1.165, 1.54) is 0 Å². The fourth-order valence-corrected chi connectivity index (χ4v) is 1.94. The van der Waals surface area contributed by atoms with Crippen molar-refractivity contribution in [3.63, 3.8) is 0 Å². The predicted molar refractivity (Wildman–Crippen MR) is 92.8 cm³/mol. The van der Waals surface area contributed by atoms with E-state index in [4.69, 9.17) is 9.84 Å². The van der Waals surface area contributed by atoms with Gasteiger partial charge in [0.15, 0.2) is 0 Å². The first-order chi connectivity index (χ1) is 12.0. The first kappa shape index (κ1) is 17.7. The lowest BCUT2D eigenvalue weighted by atomic mass is 10.2. The summed E-state index contributed by atoms with van der Waals surface area (Å²) in [5.41, 5.74) is 1.44. The molecule has 0 unspecified atom stereocenters. The second-order valence-electron chi connectivity index (χ2n) is 4.92. The summed E-state index contributed by atoms with van der Waals surface area (Å²) < 4.78 is 5.10. The van der Waals surface area contributed by atoms with Crippen molar-refractivity contribution in [2.24, 2.45) is 0 Å². The average molecular weight is 340 g/mol. The first-order valence-electron chi connectivity index (χ1n) is 7.25. The molecule has 3 N–H and O–H groups in total. The van der Waals surface area contributed by atoms with Gasteiger partial charge in [-0.15, -0.1) is 0 Å². The van der Waals surface area contributed by atoms with Crippen LogP contribution in [0.4, 0.5) is 11.4 Å². The third-order valence-corrected chi connectivity index (χ3v) is 3.12. The highest BCUT2D eigenvalue weighted by atomic mass is 16.5. The molecular formula is C18H16N2O5. The van der Waals surface area contributed by atoms with Gasteiger partial charge in [0.25, 0.3) is 5.91 Å². The number of carboxylic acid groups (broad SMARTS) is 1. The number of carboxylic acids is 1. The molecule has 0 saturated heterocycles. The number of hydrogen-bond donors (Lipinski definition) is 3. The molecule has 7 nitrogen and oxygen atoms in total. The van der Waals surface area contributed by atoms with Crippen LogP contribution in [-0.2, 0) is 9.59 Å². The van der Waals surface area contributed by atoms with Crippen LogP contribution < -0.4 is 15.4 Å². The number of ether oxygens (including phenoxy) is 1. The molecule has 2 rings (SSSR count). The smallest absolute Gasteiger partial charge is 0.328 e. The molecule has 2 aromatic carbocycles. The highest BCUT2D eigenvalue weighted by molar-refractivity contribution is 6.05. The Kier molecular flexibility index (Phi) is 5.89. The Morgan fingerprint density at radius 2 is 1.68 bits per heavy atom. The van der Waals surface area contributed by atoms with E-state index in [1.54, 1.807) is 55.6 Å². The molecule has 7 heteroatoms.